The normalized spacial score (nSPS) is 10.3. The Balaban J connectivity index is 1.44. The predicted octanol–water partition coefficient (Wildman–Crippen LogP) is 5.20. The van der Waals surface area contributed by atoms with E-state index in [1.807, 2.05) is 42.5 Å². The van der Waals surface area contributed by atoms with Gasteiger partial charge in [-0.15, -0.1) is 0 Å². The first-order chi connectivity index (χ1) is 14.7. The van der Waals surface area contributed by atoms with Gasteiger partial charge < -0.3 is 14.8 Å². The SMILES string of the molecule is COc1ccc(-c2cccc(C(=O)Nc3ccc(Oc4ccccc4)cc3)n2)cn1. The molecule has 4 aromatic rings. The van der Waals surface area contributed by atoms with E-state index < -0.39 is 0 Å². The fourth-order valence-electron chi connectivity index (χ4n) is 2.80. The molecule has 2 heterocycles. The van der Waals surface area contributed by atoms with Gasteiger partial charge in [0.05, 0.1) is 12.8 Å². The molecule has 0 saturated carbocycles. The lowest BCUT2D eigenvalue weighted by Crippen LogP contribution is -2.13. The van der Waals surface area contributed by atoms with Gasteiger partial charge in [0.2, 0.25) is 5.88 Å². The van der Waals surface area contributed by atoms with Crippen LogP contribution in [0, 0.1) is 0 Å². The number of hydrogen-bond donors (Lipinski definition) is 1. The van der Waals surface area contributed by atoms with Gasteiger partial charge in [-0.3, -0.25) is 4.79 Å². The third-order valence-electron chi connectivity index (χ3n) is 4.31. The van der Waals surface area contributed by atoms with Gasteiger partial charge in [-0.2, -0.15) is 0 Å². The van der Waals surface area contributed by atoms with Crippen LogP contribution < -0.4 is 14.8 Å². The molecule has 2 aromatic carbocycles. The Morgan fingerprint density at radius 3 is 2.30 bits per heavy atom. The van der Waals surface area contributed by atoms with Crippen molar-refractivity contribution in [2.75, 3.05) is 12.4 Å². The maximum absolute atomic E-state index is 12.6. The van der Waals surface area contributed by atoms with Gasteiger partial charge in [0.1, 0.15) is 17.2 Å². The first-order valence-corrected chi connectivity index (χ1v) is 9.33. The number of ether oxygens (including phenoxy) is 2. The zero-order valence-corrected chi connectivity index (χ0v) is 16.3. The molecule has 0 aliphatic heterocycles. The predicted molar refractivity (Wildman–Crippen MR) is 115 cm³/mol. The fraction of sp³-hybridized carbons (Fsp3) is 0.0417. The number of amides is 1. The number of carbonyl (C=O) groups is 1. The molecular formula is C24H19N3O3. The Morgan fingerprint density at radius 1 is 0.833 bits per heavy atom. The van der Waals surface area contributed by atoms with Crippen molar-refractivity contribution in [3.63, 3.8) is 0 Å². The Labute approximate surface area is 174 Å². The van der Waals surface area contributed by atoms with Crippen molar-refractivity contribution < 1.29 is 14.3 Å². The molecule has 0 bridgehead atoms. The average molecular weight is 397 g/mol. The first-order valence-electron chi connectivity index (χ1n) is 9.33. The van der Waals surface area contributed by atoms with Crippen LogP contribution in [0.3, 0.4) is 0 Å². The molecule has 0 fully saturated rings. The number of nitrogens with zero attached hydrogens (tertiary/aromatic N) is 2. The Hall–Kier alpha value is -4.19. The van der Waals surface area contributed by atoms with Crippen LogP contribution >= 0.6 is 0 Å². The van der Waals surface area contributed by atoms with Gasteiger partial charge in [0.15, 0.2) is 0 Å². The maximum Gasteiger partial charge on any atom is 0.274 e. The van der Waals surface area contributed by atoms with Gasteiger partial charge in [-0.1, -0.05) is 24.3 Å². The fourth-order valence-corrected chi connectivity index (χ4v) is 2.80. The lowest BCUT2D eigenvalue weighted by Gasteiger charge is -2.09. The maximum atomic E-state index is 12.6. The van der Waals surface area contributed by atoms with Crippen molar-refractivity contribution in [3.8, 4) is 28.6 Å². The van der Waals surface area contributed by atoms with Crippen LogP contribution in [-0.2, 0) is 0 Å². The van der Waals surface area contributed by atoms with Gasteiger partial charge >= 0.3 is 0 Å². The van der Waals surface area contributed by atoms with E-state index in [1.54, 1.807) is 55.8 Å². The van der Waals surface area contributed by atoms with E-state index in [0.29, 0.717) is 28.7 Å². The highest BCUT2D eigenvalue weighted by atomic mass is 16.5. The molecule has 0 radical (unpaired) electrons. The van der Waals surface area contributed by atoms with E-state index in [0.717, 1.165) is 11.3 Å². The van der Waals surface area contributed by atoms with E-state index in [1.165, 1.54) is 0 Å². The minimum Gasteiger partial charge on any atom is -0.481 e. The highest BCUT2D eigenvalue weighted by Crippen LogP contribution is 2.23. The zero-order valence-electron chi connectivity index (χ0n) is 16.3. The molecule has 0 aliphatic rings. The molecule has 4 rings (SSSR count). The summed E-state index contributed by atoms with van der Waals surface area (Å²) in [7, 11) is 1.56. The lowest BCUT2D eigenvalue weighted by molar-refractivity contribution is 0.102. The van der Waals surface area contributed by atoms with Crippen LogP contribution in [-0.4, -0.2) is 23.0 Å². The van der Waals surface area contributed by atoms with Crippen molar-refractivity contribution in [3.05, 3.63) is 96.8 Å². The van der Waals surface area contributed by atoms with Crippen molar-refractivity contribution in [2.24, 2.45) is 0 Å². The highest BCUT2D eigenvalue weighted by molar-refractivity contribution is 6.03. The summed E-state index contributed by atoms with van der Waals surface area (Å²) in [6, 6.07) is 25.6. The summed E-state index contributed by atoms with van der Waals surface area (Å²) >= 11 is 0. The number of carbonyl (C=O) groups excluding carboxylic acids is 1. The number of aromatic nitrogens is 2. The average Bonchev–Trinajstić information content (AvgIpc) is 2.81. The monoisotopic (exact) mass is 397 g/mol. The molecule has 6 nitrogen and oxygen atoms in total. The number of nitrogens with one attached hydrogen (secondary N) is 1. The molecule has 0 saturated heterocycles. The second-order valence-electron chi connectivity index (χ2n) is 6.39. The zero-order chi connectivity index (χ0) is 20.8. The number of pyridine rings is 2. The topological polar surface area (TPSA) is 73.3 Å². The lowest BCUT2D eigenvalue weighted by atomic mass is 10.2. The third kappa shape index (κ3) is 4.62. The molecule has 30 heavy (non-hydrogen) atoms. The summed E-state index contributed by atoms with van der Waals surface area (Å²) in [5.41, 5.74) is 2.42. The van der Waals surface area contributed by atoms with Crippen LogP contribution in [0.5, 0.6) is 17.4 Å². The van der Waals surface area contributed by atoms with E-state index in [2.05, 4.69) is 15.3 Å². The van der Waals surface area contributed by atoms with Gasteiger partial charge in [0, 0.05) is 23.5 Å². The number of methoxy groups -OCH3 is 1. The van der Waals surface area contributed by atoms with Crippen LogP contribution in [0.1, 0.15) is 10.5 Å². The van der Waals surface area contributed by atoms with E-state index >= 15 is 0 Å². The molecule has 0 aliphatic carbocycles. The summed E-state index contributed by atoms with van der Waals surface area (Å²) < 4.78 is 10.8. The molecule has 2 aromatic heterocycles. The number of hydrogen-bond acceptors (Lipinski definition) is 5. The molecule has 0 spiro atoms. The Bertz CT molecular complexity index is 1130. The molecule has 1 amide bonds. The van der Waals surface area contributed by atoms with Gasteiger partial charge in [-0.05, 0) is 54.6 Å². The van der Waals surface area contributed by atoms with Crippen molar-refractivity contribution in [2.45, 2.75) is 0 Å². The van der Waals surface area contributed by atoms with Crippen molar-refractivity contribution >= 4 is 11.6 Å². The number of para-hydroxylation sites is 1. The van der Waals surface area contributed by atoms with Gasteiger partial charge in [0.25, 0.3) is 5.91 Å². The van der Waals surface area contributed by atoms with Crippen molar-refractivity contribution in [1.82, 2.24) is 9.97 Å². The van der Waals surface area contributed by atoms with Crippen LogP contribution in [0.15, 0.2) is 91.1 Å². The molecule has 6 heteroatoms. The quantitative estimate of drug-likeness (QED) is 0.484. The Morgan fingerprint density at radius 2 is 1.60 bits per heavy atom. The van der Waals surface area contributed by atoms with E-state index in [9.17, 15) is 4.79 Å². The summed E-state index contributed by atoms with van der Waals surface area (Å²) in [4.78, 5) is 21.3. The van der Waals surface area contributed by atoms with Crippen LogP contribution in [0.25, 0.3) is 11.3 Å². The summed E-state index contributed by atoms with van der Waals surface area (Å²) in [5.74, 6) is 1.66. The van der Waals surface area contributed by atoms with Crippen LogP contribution in [0.4, 0.5) is 5.69 Å². The number of benzene rings is 2. The standard InChI is InChI=1S/C24H19N3O3/c1-29-23-15-10-17(16-25-23)21-8-5-9-22(27-21)24(28)26-18-11-13-20(14-12-18)30-19-6-3-2-4-7-19/h2-16H,1H3,(H,26,28). The van der Waals surface area contributed by atoms with Crippen molar-refractivity contribution in [1.29, 1.82) is 0 Å². The largest absolute Gasteiger partial charge is 0.481 e. The second-order valence-corrected chi connectivity index (χ2v) is 6.39. The summed E-state index contributed by atoms with van der Waals surface area (Å²) in [6.07, 6.45) is 1.66. The molecule has 0 atom stereocenters. The van der Waals surface area contributed by atoms with Gasteiger partial charge in [-0.25, -0.2) is 9.97 Å². The molecule has 148 valence electrons. The third-order valence-corrected chi connectivity index (χ3v) is 4.31. The highest BCUT2D eigenvalue weighted by Gasteiger charge is 2.10. The molecule has 0 unspecified atom stereocenters. The van der Waals surface area contributed by atoms with E-state index in [4.69, 9.17) is 9.47 Å². The van der Waals surface area contributed by atoms with Crippen LogP contribution in [0.2, 0.25) is 0 Å². The minimum atomic E-state index is -0.296. The minimum absolute atomic E-state index is 0.296. The summed E-state index contributed by atoms with van der Waals surface area (Å²) in [6.45, 7) is 0. The van der Waals surface area contributed by atoms with E-state index in [-0.39, 0.29) is 5.91 Å². The summed E-state index contributed by atoms with van der Waals surface area (Å²) in [5, 5.41) is 2.85. The molecular weight excluding hydrogens is 378 g/mol. The number of rotatable bonds is 6. The Kier molecular flexibility index (Phi) is 5.66. The smallest absolute Gasteiger partial charge is 0.274 e. The molecule has 1 N–H and O–H groups in total. The number of anilines is 1. The first kappa shape index (κ1) is 19.1. The second kappa shape index (κ2) is 8.87.